The summed E-state index contributed by atoms with van der Waals surface area (Å²) in [7, 11) is 0. The minimum atomic E-state index is 0.892. The summed E-state index contributed by atoms with van der Waals surface area (Å²) in [5.41, 5.74) is 8.74. The first-order valence-corrected chi connectivity index (χ1v) is 18.6. The molecule has 2 heterocycles. The van der Waals surface area contributed by atoms with Crippen LogP contribution >= 0.6 is 11.3 Å². The third-order valence-corrected chi connectivity index (χ3v) is 12.0. The van der Waals surface area contributed by atoms with E-state index in [-0.39, 0.29) is 0 Å². The fourth-order valence-corrected chi connectivity index (χ4v) is 9.87. The lowest BCUT2D eigenvalue weighted by Gasteiger charge is -2.18. The van der Waals surface area contributed by atoms with Gasteiger partial charge in [-0.05, 0) is 89.1 Å². The van der Waals surface area contributed by atoms with Crippen molar-refractivity contribution in [2.24, 2.45) is 0 Å². The van der Waals surface area contributed by atoms with Crippen LogP contribution in [0.1, 0.15) is 0 Å². The molecule has 0 aliphatic carbocycles. The summed E-state index contributed by atoms with van der Waals surface area (Å²) in [5, 5.41) is 12.5. The second-order valence-corrected chi connectivity index (χ2v) is 14.6. The standard InChI is InChI=1S/C50H30OS/c1-2-14-31(15-3-1)46-34-16-4-8-20-38(34)48(39-21-9-5-17-35(39)46)43-25-12-24-42-33-28-27-32(30-45(33)52-50(42)43)47-36-18-6-10-22-40(36)49(44-26-13-29-51-44)41-23-11-7-19-37(41)47/h1-30H. The van der Waals surface area contributed by atoms with Crippen LogP contribution in [0.3, 0.4) is 0 Å². The molecule has 52 heavy (non-hydrogen) atoms. The van der Waals surface area contributed by atoms with E-state index >= 15 is 0 Å². The summed E-state index contributed by atoms with van der Waals surface area (Å²) in [6.07, 6.45) is 1.76. The Labute approximate surface area is 304 Å². The molecule has 0 radical (unpaired) electrons. The first kappa shape index (κ1) is 29.3. The van der Waals surface area contributed by atoms with Gasteiger partial charge in [0.1, 0.15) is 5.76 Å². The zero-order chi connectivity index (χ0) is 34.2. The maximum absolute atomic E-state index is 6.00. The van der Waals surface area contributed by atoms with E-state index in [4.69, 9.17) is 4.42 Å². The first-order chi connectivity index (χ1) is 25.8. The minimum Gasteiger partial charge on any atom is -0.464 e. The molecule has 0 saturated carbocycles. The van der Waals surface area contributed by atoms with Gasteiger partial charge in [0, 0.05) is 31.3 Å². The molecule has 0 unspecified atom stereocenters. The second-order valence-electron chi connectivity index (χ2n) is 13.5. The molecule has 2 heteroatoms. The summed E-state index contributed by atoms with van der Waals surface area (Å²) in [5.74, 6) is 0.892. The Morgan fingerprint density at radius 3 is 1.38 bits per heavy atom. The molecular weight excluding hydrogens is 649 g/mol. The summed E-state index contributed by atoms with van der Waals surface area (Å²) < 4.78 is 8.61. The second kappa shape index (κ2) is 11.5. The molecule has 9 aromatic carbocycles. The molecule has 0 N–H and O–H groups in total. The van der Waals surface area contributed by atoms with Crippen LogP contribution in [-0.4, -0.2) is 0 Å². The normalized spacial score (nSPS) is 11.8. The number of hydrogen-bond acceptors (Lipinski definition) is 2. The van der Waals surface area contributed by atoms with Crippen molar-refractivity contribution in [1.29, 1.82) is 0 Å². The van der Waals surface area contributed by atoms with Crippen LogP contribution in [0.2, 0.25) is 0 Å². The van der Waals surface area contributed by atoms with Crippen LogP contribution in [0.5, 0.6) is 0 Å². The molecule has 0 saturated heterocycles. The highest BCUT2D eigenvalue weighted by atomic mass is 32.1. The fraction of sp³-hybridized carbons (Fsp3) is 0. The van der Waals surface area contributed by atoms with Gasteiger partial charge in [-0.3, -0.25) is 0 Å². The molecule has 11 rings (SSSR count). The van der Waals surface area contributed by atoms with E-state index in [9.17, 15) is 0 Å². The number of fused-ring (bicyclic) bond motifs is 7. The lowest BCUT2D eigenvalue weighted by atomic mass is 9.85. The van der Waals surface area contributed by atoms with E-state index in [1.54, 1.807) is 6.26 Å². The van der Waals surface area contributed by atoms with Crippen molar-refractivity contribution in [2.45, 2.75) is 0 Å². The molecule has 242 valence electrons. The Morgan fingerprint density at radius 2 is 0.827 bits per heavy atom. The SMILES string of the molecule is c1ccc(-c2c3ccccc3c(-c3cccc4c3sc3cc(-c5c6ccccc6c(-c6ccco6)c6ccccc56)ccc34)c3ccccc23)cc1. The van der Waals surface area contributed by atoms with Gasteiger partial charge in [-0.25, -0.2) is 0 Å². The monoisotopic (exact) mass is 678 g/mol. The van der Waals surface area contributed by atoms with Crippen LogP contribution in [0.25, 0.3) is 108 Å². The van der Waals surface area contributed by atoms with Gasteiger partial charge in [-0.2, -0.15) is 0 Å². The van der Waals surface area contributed by atoms with Crippen LogP contribution in [-0.2, 0) is 0 Å². The Balaban J connectivity index is 1.18. The molecule has 0 aliphatic rings. The molecular formula is C50H30OS. The highest BCUT2D eigenvalue weighted by Crippen LogP contribution is 2.49. The molecule has 0 bridgehead atoms. The highest BCUT2D eigenvalue weighted by Gasteiger charge is 2.21. The highest BCUT2D eigenvalue weighted by molar-refractivity contribution is 7.26. The van der Waals surface area contributed by atoms with Gasteiger partial charge in [-0.15, -0.1) is 11.3 Å². The van der Waals surface area contributed by atoms with Crippen LogP contribution in [0.15, 0.2) is 187 Å². The Hall–Kier alpha value is -6.48. The number of rotatable bonds is 4. The first-order valence-electron chi connectivity index (χ1n) is 17.8. The number of hydrogen-bond donors (Lipinski definition) is 0. The van der Waals surface area contributed by atoms with Crippen LogP contribution < -0.4 is 0 Å². The number of furan rings is 1. The molecule has 1 nitrogen and oxygen atoms in total. The van der Waals surface area contributed by atoms with Crippen molar-refractivity contribution in [1.82, 2.24) is 0 Å². The lowest BCUT2D eigenvalue weighted by molar-refractivity contribution is 0.583. The molecule has 0 atom stereocenters. The molecule has 2 aromatic heterocycles. The van der Waals surface area contributed by atoms with Crippen molar-refractivity contribution in [3.63, 3.8) is 0 Å². The zero-order valence-electron chi connectivity index (χ0n) is 28.1. The largest absolute Gasteiger partial charge is 0.464 e. The van der Waals surface area contributed by atoms with Gasteiger partial charge in [0.15, 0.2) is 0 Å². The van der Waals surface area contributed by atoms with Crippen LogP contribution in [0, 0.1) is 0 Å². The van der Waals surface area contributed by atoms with Crippen molar-refractivity contribution >= 4 is 74.6 Å². The smallest absolute Gasteiger partial charge is 0.135 e. The summed E-state index contributed by atoms with van der Waals surface area (Å²) in [6, 6.07) is 64.2. The van der Waals surface area contributed by atoms with E-state index in [2.05, 4.69) is 170 Å². The predicted molar refractivity (Wildman–Crippen MR) is 223 cm³/mol. The Morgan fingerprint density at radius 1 is 0.327 bits per heavy atom. The molecule has 0 amide bonds. The van der Waals surface area contributed by atoms with Crippen molar-refractivity contribution in [3.05, 3.63) is 182 Å². The lowest BCUT2D eigenvalue weighted by Crippen LogP contribution is -1.90. The predicted octanol–water partition coefficient (Wildman–Crippen LogP) is 14.9. The van der Waals surface area contributed by atoms with Gasteiger partial charge >= 0.3 is 0 Å². The third-order valence-electron chi connectivity index (χ3n) is 10.7. The van der Waals surface area contributed by atoms with Crippen LogP contribution in [0.4, 0.5) is 0 Å². The topological polar surface area (TPSA) is 13.1 Å². The molecule has 11 aromatic rings. The number of thiophene rings is 1. The van der Waals surface area contributed by atoms with Crippen molar-refractivity contribution in [3.8, 4) is 44.7 Å². The van der Waals surface area contributed by atoms with Crippen molar-refractivity contribution in [2.75, 3.05) is 0 Å². The summed E-state index contributed by atoms with van der Waals surface area (Å²) in [4.78, 5) is 0. The number of benzene rings is 9. The van der Waals surface area contributed by atoms with E-state index < -0.39 is 0 Å². The average Bonchev–Trinajstić information content (AvgIpc) is 3.88. The van der Waals surface area contributed by atoms with Gasteiger partial charge in [0.25, 0.3) is 0 Å². The van der Waals surface area contributed by atoms with Gasteiger partial charge in [-0.1, -0.05) is 158 Å². The third kappa shape index (κ3) is 4.28. The Kier molecular flexibility index (Phi) is 6.49. The van der Waals surface area contributed by atoms with Gasteiger partial charge in [0.2, 0.25) is 0 Å². The zero-order valence-corrected chi connectivity index (χ0v) is 29.0. The molecule has 0 fully saturated rings. The minimum absolute atomic E-state index is 0.892. The van der Waals surface area contributed by atoms with Gasteiger partial charge in [0.05, 0.1) is 6.26 Å². The van der Waals surface area contributed by atoms with E-state index in [0.717, 1.165) is 11.3 Å². The summed E-state index contributed by atoms with van der Waals surface area (Å²) >= 11 is 1.91. The quantitative estimate of drug-likeness (QED) is 0.169. The fourth-order valence-electron chi connectivity index (χ4n) is 8.61. The Bertz CT molecular complexity index is 3050. The van der Waals surface area contributed by atoms with E-state index in [1.807, 2.05) is 17.4 Å². The van der Waals surface area contributed by atoms with Gasteiger partial charge < -0.3 is 4.42 Å². The average molecular weight is 679 g/mol. The molecule has 0 aliphatic heterocycles. The molecule has 0 spiro atoms. The van der Waals surface area contributed by atoms with E-state index in [0.29, 0.717) is 0 Å². The maximum Gasteiger partial charge on any atom is 0.135 e. The summed E-state index contributed by atoms with van der Waals surface area (Å²) in [6.45, 7) is 0. The van der Waals surface area contributed by atoms with E-state index in [1.165, 1.54) is 96.6 Å². The maximum atomic E-state index is 6.00. The van der Waals surface area contributed by atoms with Crippen molar-refractivity contribution < 1.29 is 4.42 Å².